The quantitative estimate of drug-likeness (QED) is 0.723. The number of carbonyl (C=O) groups is 1. The molecule has 0 saturated carbocycles. The number of rotatable bonds is 6. The Bertz CT molecular complexity index is 404. The molecule has 0 aliphatic carbocycles. The number of aromatic carboxylic acids is 1. The summed E-state index contributed by atoms with van der Waals surface area (Å²) in [6.07, 6.45) is 0.726. The van der Waals surface area contributed by atoms with Gasteiger partial charge in [-0.25, -0.2) is 4.79 Å². The zero-order chi connectivity index (χ0) is 13.7. The summed E-state index contributed by atoms with van der Waals surface area (Å²) in [5.41, 5.74) is 6.60. The van der Waals surface area contributed by atoms with E-state index in [4.69, 9.17) is 10.8 Å². The van der Waals surface area contributed by atoms with Crippen LogP contribution in [-0.4, -0.2) is 22.3 Å². The average Bonchev–Trinajstić information content (AvgIpc) is 2.34. The molecule has 0 bridgehead atoms. The van der Waals surface area contributed by atoms with Gasteiger partial charge in [-0.3, -0.25) is 0 Å². The Morgan fingerprint density at radius 1 is 1.28 bits per heavy atom. The van der Waals surface area contributed by atoms with E-state index in [1.54, 1.807) is 18.2 Å². The lowest BCUT2D eigenvalue weighted by Crippen LogP contribution is -2.28. The van der Waals surface area contributed by atoms with Gasteiger partial charge < -0.3 is 15.9 Å². The molecule has 0 aliphatic rings. The lowest BCUT2D eigenvalue weighted by atomic mass is 9.93. The highest BCUT2D eigenvalue weighted by Crippen LogP contribution is 2.22. The first kappa shape index (κ1) is 14.7. The number of hydrogen-bond donors (Lipinski definition) is 3. The first-order valence-electron chi connectivity index (χ1n) is 6.19. The van der Waals surface area contributed by atoms with Crippen LogP contribution in [0.5, 0.6) is 0 Å². The van der Waals surface area contributed by atoms with Gasteiger partial charge in [0.1, 0.15) is 0 Å². The Labute approximate surface area is 107 Å². The van der Waals surface area contributed by atoms with E-state index >= 15 is 0 Å². The van der Waals surface area contributed by atoms with Gasteiger partial charge in [-0.05, 0) is 30.4 Å². The van der Waals surface area contributed by atoms with E-state index in [0.29, 0.717) is 17.9 Å². The summed E-state index contributed by atoms with van der Waals surface area (Å²) in [6.45, 7) is 4.15. The van der Waals surface area contributed by atoms with Crippen LogP contribution in [0.1, 0.15) is 48.7 Å². The molecule has 4 nitrogen and oxygen atoms in total. The van der Waals surface area contributed by atoms with Crippen molar-refractivity contribution in [3.8, 4) is 0 Å². The summed E-state index contributed by atoms with van der Waals surface area (Å²) in [5.74, 6) is -0.529. The minimum Gasteiger partial charge on any atom is -0.478 e. The van der Waals surface area contributed by atoms with Crippen LogP contribution in [0.4, 0.5) is 0 Å². The topological polar surface area (TPSA) is 83.5 Å². The SMILES string of the molecule is CC(C)CC[C@@H](O)[C@@H](N)c1ccccc1C(=O)O. The molecular formula is C14H21NO3. The zero-order valence-corrected chi connectivity index (χ0v) is 10.8. The van der Waals surface area contributed by atoms with E-state index < -0.39 is 18.1 Å². The number of aliphatic hydroxyl groups is 1. The molecule has 0 saturated heterocycles. The van der Waals surface area contributed by atoms with Crippen molar-refractivity contribution >= 4 is 5.97 Å². The van der Waals surface area contributed by atoms with Crippen molar-refractivity contribution in [3.63, 3.8) is 0 Å². The van der Waals surface area contributed by atoms with Crippen LogP contribution in [-0.2, 0) is 0 Å². The Balaban J connectivity index is 2.83. The molecule has 0 spiro atoms. The van der Waals surface area contributed by atoms with Crippen LogP contribution >= 0.6 is 0 Å². The summed E-state index contributed by atoms with van der Waals surface area (Å²) >= 11 is 0. The molecular weight excluding hydrogens is 230 g/mol. The average molecular weight is 251 g/mol. The Morgan fingerprint density at radius 3 is 2.44 bits per heavy atom. The Hall–Kier alpha value is -1.39. The van der Waals surface area contributed by atoms with Gasteiger partial charge in [-0.2, -0.15) is 0 Å². The largest absolute Gasteiger partial charge is 0.478 e. The molecule has 100 valence electrons. The van der Waals surface area contributed by atoms with Crippen LogP contribution in [0.25, 0.3) is 0 Å². The van der Waals surface area contributed by atoms with Crippen molar-refractivity contribution in [3.05, 3.63) is 35.4 Å². The predicted octanol–water partition coefficient (Wildman–Crippen LogP) is 2.18. The monoisotopic (exact) mass is 251 g/mol. The first-order valence-corrected chi connectivity index (χ1v) is 6.19. The van der Waals surface area contributed by atoms with Crippen molar-refractivity contribution in [1.82, 2.24) is 0 Å². The van der Waals surface area contributed by atoms with Gasteiger partial charge in [0.15, 0.2) is 0 Å². The van der Waals surface area contributed by atoms with Crippen molar-refractivity contribution < 1.29 is 15.0 Å². The van der Waals surface area contributed by atoms with Gasteiger partial charge in [0.2, 0.25) is 0 Å². The maximum atomic E-state index is 11.1. The molecule has 0 aliphatic heterocycles. The second-order valence-corrected chi connectivity index (χ2v) is 4.96. The number of carboxylic acids is 1. The van der Waals surface area contributed by atoms with Crippen LogP contribution in [0, 0.1) is 5.92 Å². The maximum absolute atomic E-state index is 11.1. The van der Waals surface area contributed by atoms with Crippen LogP contribution in [0.2, 0.25) is 0 Å². The highest BCUT2D eigenvalue weighted by molar-refractivity contribution is 5.89. The molecule has 2 atom stereocenters. The molecule has 1 aromatic carbocycles. The summed E-state index contributed by atoms with van der Waals surface area (Å²) < 4.78 is 0. The third-order valence-electron chi connectivity index (χ3n) is 3.00. The minimum absolute atomic E-state index is 0.161. The lowest BCUT2D eigenvalue weighted by molar-refractivity contribution is 0.0692. The van der Waals surface area contributed by atoms with Crippen molar-refractivity contribution in [2.75, 3.05) is 0 Å². The van der Waals surface area contributed by atoms with E-state index in [-0.39, 0.29) is 5.56 Å². The van der Waals surface area contributed by atoms with Gasteiger partial charge in [0.05, 0.1) is 17.7 Å². The molecule has 0 aromatic heterocycles. The molecule has 0 radical (unpaired) electrons. The lowest BCUT2D eigenvalue weighted by Gasteiger charge is -2.21. The number of benzene rings is 1. The normalized spacial score (nSPS) is 14.5. The zero-order valence-electron chi connectivity index (χ0n) is 10.8. The van der Waals surface area contributed by atoms with Gasteiger partial charge in [0.25, 0.3) is 0 Å². The number of carboxylic acid groups (broad SMARTS) is 1. The third-order valence-corrected chi connectivity index (χ3v) is 3.00. The van der Waals surface area contributed by atoms with E-state index in [1.165, 1.54) is 6.07 Å². The van der Waals surface area contributed by atoms with E-state index in [1.807, 2.05) is 0 Å². The summed E-state index contributed by atoms with van der Waals surface area (Å²) in [5, 5.41) is 19.1. The summed E-state index contributed by atoms with van der Waals surface area (Å²) in [4.78, 5) is 11.1. The van der Waals surface area contributed by atoms with Crippen LogP contribution in [0.15, 0.2) is 24.3 Å². The molecule has 1 aromatic rings. The van der Waals surface area contributed by atoms with Gasteiger partial charge in [-0.15, -0.1) is 0 Å². The maximum Gasteiger partial charge on any atom is 0.336 e. The van der Waals surface area contributed by atoms with Crippen molar-refractivity contribution in [1.29, 1.82) is 0 Å². The summed E-state index contributed by atoms with van der Waals surface area (Å²) in [6, 6.07) is 5.90. The fourth-order valence-corrected chi connectivity index (χ4v) is 1.87. The Kier molecular flexibility index (Phi) is 5.31. The van der Waals surface area contributed by atoms with Crippen molar-refractivity contribution in [2.45, 2.75) is 38.8 Å². The fraction of sp³-hybridized carbons (Fsp3) is 0.500. The predicted molar refractivity (Wildman–Crippen MR) is 70.4 cm³/mol. The molecule has 4 heteroatoms. The third kappa shape index (κ3) is 3.82. The minimum atomic E-state index is -1.02. The van der Waals surface area contributed by atoms with Crippen molar-refractivity contribution in [2.24, 2.45) is 11.7 Å². The van der Waals surface area contributed by atoms with Crippen LogP contribution in [0.3, 0.4) is 0 Å². The molecule has 1 rings (SSSR count). The second-order valence-electron chi connectivity index (χ2n) is 4.96. The number of aliphatic hydroxyl groups excluding tert-OH is 1. The molecule has 0 heterocycles. The molecule has 0 unspecified atom stereocenters. The van der Waals surface area contributed by atoms with E-state index in [0.717, 1.165) is 6.42 Å². The second kappa shape index (κ2) is 6.52. The fourth-order valence-electron chi connectivity index (χ4n) is 1.87. The molecule has 4 N–H and O–H groups in total. The summed E-state index contributed by atoms with van der Waals surface area (Å²) in [7, 11) is 0. The molecule has 0 amide bonds. The highest BCUT2D eigenvalue weighted by Gasteiger charge is 2.21. The standard InChI is InChI=1S/C14H21NO3/c1-9(2)7-8-12(16)13(15)10-5-3-4-6-11(10)14(17)18/h3-6,9,12-13,16H,7-8,15H2,1-2H3,(H,17,18)/t12-,13+/m1/s1. The number of hydrogen-bond acceptors (Lipinski definition) is 3. The van der Waals surface area contributed by atoms with Crippen LogP contribution < -0.4 is 5.73 Å². The smallest absolute Gasteiger partial charge is 0.336 e. The van der Waals surface area contributed by atoms with Gasteiger partial charge in [-0.1, -0.05) is 32.0 Å². The van der Waals surface area contributed by atoms with E-state index in [9.17, 15) is 9.90 Å². The number of nitrogens with two attached hydrogens (primary N) is 1. The first-order chi connectivity index (χ1) is 8.43. The molecule has 0 fully saturated rings. The van der Waals surface area contributed by atoms with E-state index in [2.05, 4.69) is 13.8 Å². The Morgan fingerprint density at radius 2 is 1.89 bits per heavy atom. The highest BCUT2D eigenvalue weighted by atomic mass is 16.4. The van der Waals surface area contributed by atoms with Gasteiger partial charge >= 0.3 is 5.97 Å². The molecule has 18 heavy (non-hydrogen) atoms. The van der Waals surface area contributed by atoms with Gasteiger partial charge in [0, 0.05) is 0 Å².